The largest absolute Gasteiger partial charge is 0.324 e. The van der Waals surface area contributed by atoms with Gasteiger partial charge in [0.15, 0.2) is 0 Å². The van der Waals surface area contributed by atoms with Crippen LogP contribution in [0.3, 0.4) is 0 Å². The summed E-state index contributed by atoms with van der Waals surface area (Å²) in [7, 11) is -7.68. The highest BCUT2D eigenvalue weighted by Crippen LogP contribution is 2.27. The number of aryl methyl sites for hydroxylation is 3. The maximum atomic E-state index is 13.0. The van der Waals surface area contributed by atoms with Gasteiger partial charge in [-0.3, -0.25) is 13.8 Å². The fourth-order valence-corrected chi connectivity index (χ4v) is 6.13. The molecule has 192 valence electrons. The smallest absolute Gasteiger partial charge is 0.261 e. The first-order valence-corrected chi connectivity index (χ1v) is 14.7. The first-order valence-electron chi connectivity index (χ1n) is 11.0. The molecule has 0 unspecified atom stereocenters. The molecule has 36 heavy (non-hydrogen) atoms. The first-order chi connectivity index (χ1) is 16.7. The number of benzene rings is 3. The van der Waals surface area contributed by atoms with Crippen LogP contribution in [0, 0.1) is 20.8 Å². The second-order valence-electron chi connectivity index (χ2n) is 8.60. The number of anilines is 3. The number of nitrogens with zero attached hydrogens (tertiary/aromatic N) is 1. The van der Waals surface area contributed by atoms with E-state index < -0.39 is 32.0 Å². The zero-order valence-electron chi connectivity index (χ0n) is 20.5. The van der Waals surface area contributed by atoms with Gasteiger partial charge in [0, 0.05) is 10.7 Å². The topological polar surface area (TPSA) is 113 Å². The molecular weight excluding hydrogens is 522 g/mol. The lowest BCUT2D eigenvalue weighted by molar-refractivity contribution is -0.116. The van der Waals surface area contributed by atoms with E-state index in [1.807, 2.05) is 13.0 Å². The number of rotatable bonds is 8. The fraction of sp³-hybridized carbons (Fsp3) is 0.240. The minimum Gasteiger partial charge on any atom is -0.324 e. The molecule has 0 heterocycles. The predicted octanol–water partition coefficient (Wildman–Crippen LogP) is 4.86. The summed E-state index contributed by atoms with van der Waals surface area (Å²) in [5.74, 6) is -0.565. The molecule has 0 bridgehead atoms. The van der Waals surface area contributed by atoms with Crippen LogP contribution in [-0.2, 0) is 24.8 Å². The lowest BCUT2D eigenvalue weighted by Gasteiger charge is -2.29. The molecule has 0 spiro atoms. The fourth-order valence-electron chi connectivity index (χ4n) is 3.61. The van der Waals surface area contributed by atoms with E-state index in [0.717, 1.165) is 16.1 Å². The van der Waals surface area contributed by atoms with Crippen LogP contribution in [-0.4, -0.2) is 35.0 Å². The van der Waals surface area contributed by atoms with E-state index in [1.54, 1.807) is 38.1 Å². The van der Waals surface area contributed by atoms with Crippen LogP contribution in [0.5, 0.6) is 0 Å². The molecule has 8 nitrogen and oxygen atoms in total. The molecule has 0 aliphatic rings. The SMILES string of the molecule is Cc1ccc(C)c(N([C@@H](C)C(=O)Nc2ccc(S(=O)(=O)Nc3cc(Cl)ccc3C)cc2)S(C)(=O)=O)c1. The Morgan fingerprint density at radius 3 is 2.11 bits per heavy atom. The molecule has 0 saturated carbocycles. The van der Waals surface area contributed by atoms with Crippen LogP contribution in [0.15, 0.2) is 65.6 Å². The molecule has 0 fully saturated rings. The summed E-state index contributed by atoms with van der Waals surface area (Å²) in [6.07, 6.45) is 1.05. The molecule has 0 aliphatic heterocycles. The van der Waals surface area contributed by atoms with E-state index in [-0.39, 0.29) is 4.90 Å². The van der Waals surface area contributed by atoms with Crippen molar-refractivity contribution in [1.29, 1.82) is 0 Å². The number of hydrogen-bond donors (Lipinski definition) is 2. The van der Waals surface area contributed by atoms with Crippen LogP contribution >= 0.6 is 11.6 Å². The monoisotopic (exact) mass is 549 g/mol. The average Bonchev–Trinajstić information content (AvgIpc) is 2.78. The van der Waals surface area contributed by atoms with Gasteiger partial charge in [0.1, 0.15) is 6.04 Å². The molecule has 3 rings (SSSR count). The summed E-state index contributed by atoms with van der Waals surface area (Å²) in [5.41, 5.74) is 3.38. The Balaban J connectivity index is 1.81. The van der Waals surface area contributed by atoms with Gasteiger partial charge in [0.05, 0.1) is 22.5 Å². The molecular formula is C25H28ClN3O5S2. The summed E-state index contributed by atoms with van der Waals surface area (Å²) < 4.78 is 54.4. The number of sulfonamides is 2. The summed E-state index contributed by atoms with van der Waals surface area (Å²) in [6.45, 7) is 6.86. The summed E-state index contributed by atoms with van der Waals surface area (Å²) in [6, 6.07) is 14.8. The normalized spacial score (nSPS) is 12.6. The third-order valence-electron chi connectivity index (χ3n) is 5.57. The molecule has 1 atom stereocenters. The van der Waals surface area contributed by atoms with E-state index in [4.69, 9.17) is 11.6 Å². The van der Waals surface area contributed by atoms with E-state index in [2.05, 4.69) is 10.0 Å². The molecule has 3 aromatic carbocycles. The van der Waals surface area contributed by atoms with Crippen molar-refractivity contribution >= 4 is 54.6 Å². The minimum absolute atomic E-state index is 0.0129. The highest BCUT2D eigenvalue weighted by molar-refractivity contribution is 7.92. The van der Waals surface area contributed by atoms with Crippen LogP contribution in [0.2, 0.25) is 5.02 Å². The van der Waals surface area contributed by atoms with Gasteiger partial charge in [-0.05, 0) is 86.8 Å². The lowest BCUT2D eigenvalue weighted by Crippen LogP contribution is -2.45. The van der Waals surface area contributed by atoms with Crippen LogP contribution in [0.4, 0.5) is 17.1 Å². The van der Waals surface area contributed by atoms with Gasteiger partial charge < -0.3 is 5.32 Å². The van der Waals surface area contributed by atoms with Gasteiger partial charge in [-0.15, -0.1) is 0 Å². The molecule has 0 aliphatic carbocycles. The number of nitrogens with one attached hydrogen (secondary N) is 2. The highest BCUT2D eigenvalue weighted by atomic mass is 35.5. The van der Waals surface area contributed by atoms with E-state index in [1.165, 1.54) is 37.3 Å². The quantitative estimate of drug-likeness (QED) is 0.416. The van der Waals surface area contributed by atoms with Gasteiger partial charge in [0.25, 0.3) is 10.0 Å². The Morgan fingerprint density at radius 2 is 1.50 bits per heavy atom. The Bertz CT molecular complexity index is 1510. The average molecular weight is 550 g/mol. The van der Waals surface area contributed by atoms with Crippen molar-refractivity contribution < 1.29 is 21.6 Å². The van der Waals surface area contributed by atoms with Crippen LogP contribution in [0.1, 0.15) is 23.6 Å². The molecule has 0 radical (unpaired) electrons. The van der Waals surface area contributed by atoms with Crippen molar-refractivity contribution in [3.05, 3.63) is 82.4 Å². The lowest BCUT2D eigenvalue weighted by atomic mass is 10.1. The Kier molecular flexibility index (Phi) is 8.02. The standard InChI is InChI=1S/C25H28ClN3O5S2/c1-16-6-7-18(3)24(14-16)29(35(5,31)32)19(4)25(30)27-21-10-12-22(13-11-21)36(33,34)28-23-15-20(26)9-8-17(23)2/h6-15,19,28H,1-5H3,(H,27,30)/t19-/m0/s1. The zero-order chi connectivity index (χ0) is 26.8. The maximum Gasteiger partial charge on any atom is 0.261 e. The summed E-state index contributed by atoms with van der Waals surface area (Å²) in [4.78, 5) is 13.0. The Hall–Kier alpha value is -3.08. The first kappa shape index (κ1) is 27.5. The van der Waals surface area contributed by atoms with Crippen molar-refractivity contribution in [2.45, 2.75) is 38.6 Å². The number of carbonyl (C=O) groups excluding carboxylic acids is 1. The number of amides is 1. The van der Waals surface area contributed by atoms with Crippen molar-refractivity contribution in [2.24, 2.45) is 0 Å². The van der Waals surface area contributed by atoms with Crippen molar-refractivity contribution in [3.8, 4) is 0 Å². The van der Waals surface area contributed by atoms with E-state index in [9.17, 15) is 21.6 Å². The van der Waals surface area contributed by atoms with Gasteiger partial charge in [-0.1, -0.05) is 29.8 Å². The predicted molar refractivity (Wildman–Crippen MR) is 145 cm³/mol. The molecule has 0 aromatic heterocycles. The maximum absolute atomic E-state index is 13.0. The third-order valence-corrected chi connectivity index (χ3v) is 8.41. The number of hydrogen-bond acceptors (Lipinski definition) is 5. The van der Waals surface area contributed by atoms with Crippen molar-refractivity contribution in [2.75, 3.05) is 20.6 Å². The van der Waals surface area contributed by atoms with Crippen molar-refractivity contribution in [3.63, 3.8) is 0 Å². The van der Waals surface area contributed by atoms with Gasteiger partial charge >= 0.3 is 0 Å². The molecule has 11 heteroatoms. The highest BCUT2D eigenvalue weighted by Gasteiger charge is 2.30. The van der Waals surface area contributed by atoms with Crippen LogP contribution in [0.25, 0.3) is 0 Å². The van der Waals surface area contributed by atoms with Crippen molar-refractivity contribution in [1.82, 2.24) is 0 Å². The van der Waals surface area contributed by atoms with Gasteiger partial charge in [0.2, 0.25) is 15.9 Å². The second-order valence-corrected chi connectivity index (χ2v) is 12.6. The zero-order valence-corrected chi connectivity index (χ0v) is 22.9. The summed E-state index contributed by atoms with van der Waals surface area (Å²) >= 11 is 5.98. The third kappa shape index (κ3) is 6.37. The number of carbonyl (C=O) groups is 1. The summed E-state index contributed by atoms with van der Waals surface area (Å²) in [5, 5.41) is 3.06. The van der Waals surface area contributed by atoms with E-state index >= 15 is 0 Å². The molecule has 2 N–H and O–H groups in total. The molecule has 0 saturated heterocycles. The van der Waals surface area contributed by atoms with Gasteiger partial charge in [-0.2, -0.15) is 0 Å². The molecule has 3 aromatic rings. The van der Waals surface area contributed by atoms with E-state index in [0.29, 0.717) is 33.2 Å². The molecule has 1 amide bonds. The second kappa shape index (κ2) is 10.5. The minimum atomic E-state index is -3.90. The Labute approximate surface area is 217 Å². The van der Waals surface area contributed by atoms with Gasteiger partial charge in [-0.25, -0.2) is 16.8 Å². The number of halogens is 1. The Morgan fingerprint density at radius 1 is 0.889 bits per heavy atom. The van der Waals surface area contributed by atoms with Crippen LogP contribution < -0.4 is 14.3 Å².